The molecule has 3 rings (SSSR count). The van der Waals surface area contributed by atoms with Crippen LogP contribution < -0.4 is 10.2 Å². The minimum absolute atomic E-state index is 0.313. The van der Waals surface area contributed by atoms with Gasteiger partial charge in [-0.05, 0) is 67.4 Å². The third-order valence-electron chi connectivity index (χ3n) is 4.47. The number of hydrogen-bond acceptors (Lipinski definition) is 3. The van der Waals surface area contributed by atoms with Crippen LogP contribution in [0.1, 0.15) is 30.9 Å². The zero-order valence-corrected chi connectivity index (χ0v) is 15.1. The normalized spacial score (nSPS) is 17.4. The molecule has 0 aliphatic carbocycles. The fourth-order valence-corrected chi connectivity index (χ4v) is 3.47. The molecule has 1 aromatic carbocycles. The number of benzene rings is 1. The summed E-state index contributed by atoms with van der Waals surface area (Å²) in [6.07, 6.45) is 7.30. The largest absolute Gasteiger partial charge is 0.378 e. The Bertz CT molecular complexity index is 670. The van der Waals surface area contributed by atoms with Crippen molar-refractivity contribution in [2.75, 3.05) is 30.9 Å². The molecular weight excluding hydrogens is 316 g/mol. The highest BCUT2D eigenvalue weighted by molar-refractivity contribution is 7.80. The molecule has 0 amide bonds. The van der Waals surface area contributed by atoms with Gasteiger partial charge < -0.3 is 15.1 Å². The standard InChI is InChI=1S/C19H24N4S/c1-22(2)17-10-8-16(9-11-17)21-19(24)23-13-4-3-7-18(23)15-6-5-12-20-14-15/h5-6,8-12,14,18H,3-4,7,13H2,1-2H3,(H,21,24)/t18-/m0/s1. The summed E-state index contributed by atoms with van der Waals surface area (Å²) < 4.78 is 0. The zero-order chi connectivity index (χ0) is 16.9. The van der Waals surface area contributed by atoms with Crippen LogP contribution in [-0.2, 0) is 0 Å². The zero-order valence-electron chi connectivity index (χ0n) is 14.3. The van der Waals surface area contributed by atoms with Crippen molar-refractivity contribution in [1.82, 2.24) is 9.88 Å². The molecule has 1 saturated heterocycles. The molecule has 1 aromatic heterocycles. The van der Waals surface area contributed by atoms with Crippen molar-refractivity contribution >= 4 is 28.7 Å². The molecule has 0 radical (unpaired) electrons. The molecule has 1 aliphatic rings. The van der Waals surface area contributed by atoms with Gasteiger partial charge in [0.25, 0.3) is 0 Å². The lowest BCUT2D eigenvalue weighted by Gasteiger charge is -2.37. The fourth-order valence-electron chi connectivity index (χ4n) is 3.13. The topological polar surface area (TPSA) is 31.4 Å². The molecule has 0 saturated carbocycles. The maximum Gasteiger partial charge on any atom is 0.173 e. The summed E-state index contributed by atoms with van der Waals surface area (Å²) in [5.41, 5.74) is 3.45. The summed E-state index contributed by atoms with van der Waals surface area (Å²) in [6.45, 7) is 0.987. The monoisotopic (exact) mass is 340 g/mol. The Morgan fingerprint density at radius 3 is 2.67 bits per heavy atom. The van der Waals surface area contributed by atoms with Gasteiger partial charge in [-0.15, -0.1) is 0 Å². The number of piperidine rings is 1. The van der Waals surface area contributed by atoms with E-state index in [0.29, 0.717) is 6.04 Å². The number of pyridine rings is 1. The Morgan fingerprint density at radius 1 is 1.21 bits per heavy atom. The molecular formula is C19H24N4S. The summed E-state index contributed by atoms with van der Waals surface area (Å²) in [6, 6.07) is 12.8. The van der Waals surface area contributed by atoms with E-state index in [1.807, 2.05) is 32.6 Å². The van der Waals surface area contributed by atoms with E-state index in [1.54, 1.807) is 0 Å². The number of thiocarbonyl (C=S) groups is 1. The van der Waals surface area contributed by atoms with Gasteiger partial charge >= 0.3 is 0 Å². The first-order valence-electron chi connectivity index (χ1n) is 8.40. The molecule has 1 aliphatic heterocycles. The fraction of sp³-hybridized carbons (Fsp3) is 0.368. The smallest absolute Gasteiger partial charge is 0.173 e. The molecule has 0 unspecified atom stereocenters. The molecule has 1 N–H and O–H groups in total. The molecule has 0 bridgehead atoms. The predicted octanol–water partition coefficient (Wildman–Crippen LogP) is 4.07. The third kappa shape index (κ3) is 3.85. The van der Waals surface area contributed by atoms with E-state index in [2.05, 4.69) is 50.4 Å². The number of rotatable bonds is 3. The molecule has 126 valence electrons. The SMILES string of the molecule is CN(C)c1ccc(NC(=S)N2CCCC[C@H]2c2cccnc2)cc1. The van der Waals surface area contributed by atoms with E-state index in [4.69, 9.17) is 12.2 Å². The van der Waals surface area contributed by atoms with Gasteiger partial charge in [0.15, 0.2) is 5.11 Å². The lowest BCUT2D eigenvalue weighted by atomic mass is 9.97. The average Bonchev–Trinajstić information content (AvgIpc) is 2.63. The molecule has 1 atom stereocenters. The van der Waals surface area contributed by atoms with E-state index < -0.39 is 0 Å². The minimum atomic E-state index is 0.313. The second kappa shape index (κ2) is 7.62. The maximum atomic E-state index is 5.70. The van der Waals surface area contributed by atoms with E-state index in [1.165, 1.54) is 24.1 Å². The lowest BCUT2D eigenvalue weighted by molar-refractivity contribution is 0.248. The third-order valence-corrected chi connectivity index (χ3v) is 4.80. The van der Waals surface area contributed by atoms with Crippen molar-refractivity contribution in [3.8, 4) is 0 Å². The molecule has 2 heterocycles. The number of anilines is 2. The van der Waals surface area contributed by atoms with Crippen LogP contribution in [0.15, 0.2) is 48.8 Å². The Balaban J connectivity index is 1.72. The average molecular weight is 340 g/mol. The van der Waals surface area contributed by atoms with Crippen molar-refractivity contribution in [3.05, 3.63) is 54.4 Å². The molecule has 24 heavy (non-hydrogen) atoms. The van der Waals surface area contributed by atoms with Gasteiger partial charge in [0.2, 0.25) is 0 Å². The number of likely N-dealkylation sites (tertiary alicyclic amines) is 1. The summed E-state index contributed by atoms with van der Waals surface area (Å²) in [4.78, 5) is 8.66. The highest BCUT2D eigenvalue weighted by Gasteiger charge is 2.26. The minimum Gasteiger partial charge on any atom is -0.378 e. The van der Waals surface area contributed by atoms with E-state index in [0.717, 1.165) is 23.8 Å². The van der Waals surface area contributed by atoms with Gasteiger partial charge in [-0.25, -0.2) is 0 Å². The van der Waals surface area contributed by atoms with Crippen LogP contribution in [-0.4, -0.2) is 35.6 Å². The first-order chi connectivity index (χ1) is 11.6. The predicted molar refractivity (Wildman–Crippen MR) is 105 cm³/mol. The Kier molecular flexibility index (Phi) is 5.30. The van der Waals surface area contributed by atoms with Crippen LogP contribution in [0.4, 0.5) is 11.4 Å². The number of aromatic nitrogens is 1. The van der Waals surface area contributed by atoms with Gasteiger partial charge in [-0.3, -0.25) is 4.98 Å². The van der Waals surface area contributed by atoms with Gasteiger partial charge in [0.1, 0.15) is 0 Å². The van der Waals surface area contributed by atoms with Crippen molar-refractivity contribution in [1.29, 1.82) is 0 Å². The summed E-state index contributed by atoms with van der Waals surface area (Å²) in [5.74, 6) is 0. The van der Waals surface area contributed by atoms with Crippen molar-refractivity contribution < 1.29 is 0 Å². The van der Waals surface area contributed by atoms with Crippen molar-refractivity contribution in [2.45, 2.75) is 25.3 Å². The summed E-state index contributed by atoms with van der Waals surface area (Å²) in [5, 5.41) is 4.19. The van der Waals surface area contributed by atoms with Gasteiger partial charge in [0, 0.05) is 44.4 Å². The van der Waals surface area contributed by atoms with E-state index >= 15 is 0 Å². The van der Waals surface area contributed by atoms with E-state index in [9.17, 15) is 0 Å². The molecule has 1 fully saturated rings. The Labute approximate surface area is 149 Å². The van der Waals surface area contributed by atoms with E-state index in [-0.39, 0.29) is 0 Å². The van der Waals surface area contributed by atoms with Crippen LogP contribution in [0, 0.1) is 0 Å². The summed E-state index contributed by atoms with van der Waals surface area (Å²) >= 11 is 5.70. The first kappa shape index (κ1) is 16.7. The van der Waals surface area contributed by atoms with Crippen LogP contribution in [0.3, 0.4) is 0 Å². The van der Waals surface area contributed by atoms with Crippen LogP contribution in [0.25, 0.3) is 0 Å². The summed E-state index contributed by atoms with van der Waals surface area (Å²) in [7, 11) is 4.08. The van der Waals surface area contributed by atoms with Gasteiger partial charge in [-0.1, -0.05) is 6.07 Å². The molecule has 5 heteroatoms. The van der Waals surface area contributed by atoms with Crippen molar-refractivity contribution in [2.24, 2.45) is 0 Å². The van der Waals surface area contributed by atoms with Crippen molar-refractivity contribution in [3.63, 3.8) is 0 Å². The highest BCUT2D eigenvalue weighted by Crippen LogP contribution is 2.31. The number of nitrogens with zero attached hydrogens (tertiary/aromatic N) is 3. The lowest BCUT2D eigenvalue weighted by Crippen LogP contribution is -2.41. The Morgan fingerprint density at radius 2 is 2.00 bits per heavy atom. The van der Waals surface area contributed by atoms with Crippen LogP contribution in [0.5, 0.6) is 0 Å². The van der Waals surface area contributed by atoms with Gasteiger partial charge in [-0.2, -0.15) is 0 Å². The highest BCUT2D eigenvalue weighted by atomic mass is 32.1. The Hall–Kier alpha value is -2.14. The first-order valence-corrected chi connectivity index (χ1v) is 8.81. The number of hydrogen-bond donors (Lipinski definition) is 1. The second-order valence-corrected chi connectivity index (χ2v) is 6.75. The molecule has 2 aromatic rings. The molecule has 0 spiro atoms. The van der Waals surface area contributed by atoms with Crippen LogP contribution in [0.2, 0.25) is 0 Å². The maximum absolute atomic E-state index is 5.70. The quantitative estimate of drug-likeness (QED) is 0.851. The number of nitrogens with one attached hydrogen (secondary N) is 1. The second-order valence-electron chi connectivity index (χ2n) is 6.36. The molecule has 4 nitrogen and oxygen atoms in total. The van der Waals surface area contributed by atoms with Crippen LogP contribution >= 0.6 is 12.2 Å². The van der Waals surface area contributed by atoms with Gasteiger partial charge in [0.05, 0.1) is 6.04 Å².